The fourth-order valence-corrected chi connectivity index (χ4v) is 2.92. The van der Waals surface area contributed by atoms with Crippen LogP contribution in [-0.4, -0.2) is 11.9 Å². The fraction of sp³-hybridized carbons (Fsp3) is 0.588. The lowest BCUT2D eigenvalue weighted by molar-refractivity contribution is -0.121. The third-order valence-electron chi connectivity index (χ3n) is 4.09. The minimum Gasteiger partial charge on any atom is -0.353 e. The van der Waals surface area contributed by atoms with Crippen LogP contribution in [-0.2, 0) is 11.2 Å². The monoisotopic (exact) mass is 259 g/mol. The van der Waals surface area contributed by atoms with Gasteiger partial charge in [-0.2, -0.15) is 0 Å². The summed E-state index contributed by atoms with van der Waals surface area (Å²) in [6.45, 7) is 4.23. The molecule has 1 saturated carbocycles. The molecular weight excluding hydrogens is 234 g/mol. The Morgan fingerprint density at radius 3 is 2.63 bits per heavy atom. The molecule has 0 spiro atoms. The van der Waals surface area contributed by atoms with E-state index in [2.05, 4.69) is 37.4 Å². The molecule has 2 rings (SSSR count). The number of hydrogen-bond donors (Lipinski definition) is 1. The van der Waals surface area contributed by atoms with E-state index in [0.29, 0.717) is 12.5 Å². The average Bonchev–Trinajstić information content (AvgIpc) is 2.39. The molecule has 1 aromatic rings. The van der Waals surface area contributed by atoms with Gasteiger partial charge in [0.1, 0.15) is 0 Å². The van der Waals surface area contributed by atoms with E-state index in [-0.39, 0.29) is 5.91 Å². The summed E-state index contributed by atoms with van der Waals surface area (Å²) in [5.41, 5.74) is 3.88. The molecule has 0 bridgehead atoms. The minimum absolute atomic E-state index is 0.215. The first-order valence-corrected chi connectivity index (χ1v) is 7.50. The maximum Gasteiger partial charge on any atom is 0.220 e. The molecule has 1 aromatic carbocycles. The van der Waals surface area contributed by atoms with E-state index in [4.69, 9.17) is 0 Å². The second-order valence-electron chi connectivity index (χ2n) is 5.83. The number of benzene rings is 1. The van der Waals surface area contributed by atoms with Gasteiger partial charge in [0.2, 0.25) is 5.91 Å². The van der Waals surface area contributed by atoms with Gasteiger partial charge in [-0.05, 0) is 44.2 Å². The van der Waals surface area contributed by atoms with E-state index in [1.807, 2.05) is 0 Å². The number of hydrogen-bond acceptors (Lipinski definition) is 1. The highest BCUT2D eigenvalue weighted by Crippen LogP contribution is 2.18. The number of aryl methyl sites for hydroxylation is 3. The molecule has 0 radical (unpaired) electrons. The molecule has 1 amide bonds. The van der Waals surface area contributed by atoms with Crippen molar-refractivity contribution in [2.24, 2.45) is 0 Å². The van der Waals surface area contributed by atoms with Crippen LogP contribution in [0.2, 0.25) is 0 Å². The highest BCUT2D eigenvalue weighted by Gasteiger charge is 2.15. The van der Waals surface area contributed by atoms with Gasteiger partial charge in [-0.25, -0.2) is 0 Å². The van der Waals surface area contributed by atoms with E-state index < -0.39 is 0 Å². The number of carbonyl (C=O) groups excluding carboxylic acids is 1. The molecule has 0 aliphatic heterocycles. The van der Waals surface area contributed by atoms with Crippen molar-refractivity contribution < 1.29 is 4.79 Å². The number of nitrogens with one attached hydrogen (secondary N) is 1. The smallest absolute Gasteiger partial charge is 0.220 e. The molecule has 1 fully saturated rings. The van der Waals surface area contributed by atoms with Crippen molar-refractivity contribution in [1.29, 1.82) is 0 Å². The summed E-state index contributed by atoms with van der Waals surface area (Å²) < 4.78 is 0. The quantitative estimate of drug-likeness (QED) is 0.878. The number of rotatable bonds is 4. The second-order valence-corrected chi connectivity index (χ2v) is 5.83. The van der Waals surface area contributed by atoms with Crippen LogP contribution in [0.1, 0.15) is 55.2 Å². The third kappa shape index (κ3) is 4.38. The molecular formula is C17H25NO. The van der Waals surface area contributed by atoms with Crippen LogP contribution in [0.3, 0.4) is 0 Å². The highest BCUT2D eigenvalue weighted by molar-refractivity contribution is 5.76. The third-order valence-corrected chi connectivity index (χ3v) is 4.09. The Kier molecular flexibility index (Phi) is 5.00. The van der Waals surface area contributed by atoms with Crippen LogP contribution in [0.5, 0.6) is 0 Å². The Hall–Kier alpha value is -1.31. The first-order valence-electron chi connectivity index (χ1n) is 7.50. The summed E-state index contributed by atoms with van der Waals surface area (Å²) in [7, 11) is 0. The molecule has 0 saturated heterocycles. The lowest BCUT2D eigenvalue weighted by Gasteiger charge is -2.22. The zero-order valence-corrected chi connectivity index (χ0v) is 12.2. The summed E-state index contributed by atoms with van der Waals surface area (Å²) in [6, 6.07) is 6.90. The SMILES string of the molecule is Cc1ccc(CCC(=O)NC2CCCCC2)c(C)c1. The highest BCUT2D eigenvalue weighted by atomic mass is 16.1. The largest absolute Gasteiger partial charge is 0.353 e. The molecule has 1 aliphatic carbocycles. The fourth-order valence-electron chi connectivity index (χ4n) is 2.92. The first kappa shape index (κ1) is 14.1. The normalized spacial score (nSPS) is 16.3. The number of amides is 1. The summed E-state index contributed by atoms with van der Waals surface area (Å²) in [5, 5.41) is 3.18. The minimum atomic E-state index is 0.215. The standard InChI is InChI=1S/C17H25NO/c1-13-8-9-15(14(2)12-13)10-11-17(19)18-16-6-4-3-5-7-16/h8-9,12,16H,3-7,10-11H2,1-2H3,(H,18,19). The van der Waals surface area contributed by atoms with Gasteiger partial charge in [0.15, 0.2) is 0 Å². The first-order chi connectivity index (χ1) is 9.15. The Balaban J connectivity index is 1.79. The zero-order valence-electron chi connectivity index (χ0n) is 12.2. The van der Waals surface area contributed by atoms with E-state index >= 15 is 0 Å². The number of carbonyl (C=O) groups is 1. The van der Waals surface area contributed by atoms with E-state index in [1.165, 1.54) is 36.0 Å². The van der Waals surface area contributed by atoms with Gasteiger partial charge in [-0.15, -0.1) is 0 Å². The molecule has 1 N–H and O–H groups in total. The Labute approximate surface area is 116 Å². The van der Waals surface area contributed by atoms with Crippen LogP contribution in [0.4, 0.5) is 0 Å². The van der Waals surface area contributed by atoms with Gasteiger partial charge < -0.3 is 5.32 Å². The Morgan fingerprint density at radius 1 is 1.21 bits per heavy atom. The summed E-state index contributed by atoms with van der Waals surface area (Å²) in [4.78, 5) is 12.0. The van der Waals surface area contributed by atoms with Crippen molar-refractivity contribution in [2.75, 3.05) is 0 Å². The summed E-state index contributed by atoms with van der Waals surface area (Å²) in [5.74, 6) is 0.215. The van der Waals surface area contributed by atoms with Gasteiger partial charge in [-0.3, -0.25) is 4.79 Å². The van der Waals surface area contributed by atoms with Crippen LogP contribution in [0.25, 0.3) is 0 Å². The summed E-state index contributed by atoms with van der Waals surface area (Å²) in [6.07, 6.45) is 7.65. The zero-order chi connectivity index (χ0) is 13.7. The van der Waals surface area contributed by atoms with Gasteiger partial charge in [0.05, 0.1) is 0 Å². The van der Waals surface area contributed by atoms with Crippen LogP contribution in [0.15, 0.2) is 18.2 Å². The Bertz CT molecular complexity index is 433. The van der Waals surface area contributed by atoms with Crippen molar-refractivity contribution in [3.63, 3.8) is 0 Å². The van der Waals surface area contributed by atoms with E-state index in [1.54, 1.807) is 0 Å². The van der Waals surface area contributed by atoms with E-state index in [0.717, 1.165) is 19.3 Å². The molecule has 0 atom stereocenters. The van der Waals surface area contributed by atoms with E-state index in [9.17, 15) is 4.79 Å². The van der Waals surface area contributed by atoms with Gasteiger partial charge >= 0.3 is 0 Å². The van der Waals surface area contributed by atoms with Gasteiger partial charge in [-0.1, -0.05) is 43.0 Å². The topological polar surface area (TPSA) is 29.1 Å². The molecule has 2 heteroatoms. The molecule has 0 unspecified atom stereocenters. The van der Waals surface area contributed by atoms with Crippen molar-refractivity contribution in [1.82, 2.24) is 5.32 Å². The van der Waals surface area contributed by atoms with Crippen molar-refractivity contribution in [2.45, 2.75) is 64.8 Å². The molecule has 0 aromatic heterocycles. The predicted octanol–water partition coefficient (Wildman–Crippen LogP) is 3.68. The van der Waals surface area contributed by atoms with Crippen molar-refractivity contribution in [3.8, 4) is 0 Å². The maximum atomic E-state index is 12.0. The van der Waals surface area contributed by atoms with Gasteiger partial charge in [0, 0.05) is 12.5 Å². The van der Waals surface area contributed by atoms with Gasteiger partial charge in [0.25, 0.3) is 0 Å². The molecule has 104 valence electrons. The van der Waals surface area contributed by atoms with Crippen LogP contribution >= 0.6 is 0 Å². The lowest BCUT2D eigenvalue weighted by atomic mass is 9.95. The van der Waals surface area contributed by atoms with Crippen molar-refractivity contribution >= 4 is 5.91 Å². The maximum absolute atomic E-state index is 12.0. The molecule has 1 aliphatic rings. The lowest BCUT2D eigenvalue weighted by Crippen LogP contribution is -2.36. The molecule has 2 nitrogen and oxygen atoms in total. The molecule has 19 heavy (non-hydrogen) atoms. The molecule has 0 heterocycles. The average molecular weight is 259 g/mol. The van der Waals surface area contributed by atoms with Crippen LogP contribution < -0.4 is 5.32 Å². The Morgan fingerprint density at radius 2 is 1.95 bits per heavy atom. The predicted molar refractivity (Wildman–Crippen MR) is 79.3 cm³/mol. The van der Waals surface area contributed by atoms with Crippen LogP contribution in [0, 0.1) is 13.8 Å². The second kappa shape index (κ2) is 6.74. The summed E-state index contributed by atoms with van der Waals surface area (Å²) >= 11 is 0. The van der Waals surface area contributed by atoms with Crippen molar-refractivity contribution in [3.05, 3.63) is 34.9 Å².